The third kappa shape index (κ3) is 3.17. The maximum atomic E-state index is 4.24. The van der Waals surface area contributed by atoms with Gasteiger partial charge in [0, 0.05) is 20.6 Å². The van der Waals surface area contributed by atoms with Gasteiger partial charge in [-0.3, -0.25) is 0 Å². The molecule has 88 valence electrons. The summed E-state index contributed by atoms with van der Waals surface area (Å²) >= 11 is 0. The molecule has 4 nitrogen and oxygen atoms in total. The van der Waals surface area contributed by atoms with Crippen LogP contribution in [0.1, 0.15) is 5.56 Å². The fourth-order valence-corrected chi connectivity index (χ4v) is 1.44. The molecule has 0 saturated heterocycles. The molecule has 0 aliphatic carbocycles. The quantitative estimate of drug-likeness (QED) is 0.870. The Balaban J connectivity index is 1.96. The summed E-state index contributed by atoms with van der Waals surface area (Å²) in [4.78, 5) is 10.4. The summed E-state index contributed by atoms with van der Waals surface area (Å²) in [6.45, 7) is 0.783. The van der Waals surface area contributed by atoms with Gasteiger partial charge < -0.3 is 10.2 Å². The lowest BCUT2D eigenvalue weighted by atomic mass is 10.2. The lowest BCUT2D eigenvalue weighted by Crippen LogP contribution is -2.12. The molecule has 17 heavy (non-hydrogen) atoms. The van der Waals surface area contributed by atoms with Gasteiger partial charge >= 0.3 is 0 Å². The van der Waals surface area contributed by atoms with Gasteiger partial charge in [-0.05, 0) is 5.56 Å². The van der Waals surface area contributed by atoms with Gasteiger partial charge in [0.1, 0.15) is 0 Å². The lowest BCUT2D eigenvalue weighted by molar-refractivity contribution is 0.993. The van der Waals surface area contributed by atoms with Crippen molar-refractivity contribution in [1.82, 2.24) is 9.97 Å². The molecule has 0 atom stereocenters. The van der Waals surface area contributed by atoms with Crippen LogP contribution in [0.25, 0.3) is 0 Å². The van der Waals surface area contributed by atoms with Crippen molar-refractivity contribution in [3.8, 4) is 0 Å². The third-order valence-electron chi connectivity index (χ3n) is 2.38. The van der Waals surface area contributed by atoms with E-state index in [-0.39, 0.29) is 0 Å². The topological polar surface area (TPSA) is 41.1 Å². The molecule has 0 unspecified atom stereocenters. The summed E-state index contributed by atoms with van der Waals surface area (Å²) in [5, 5.41) is 3.28. The zero-order chi connectivity index (χ0) is 12.1. The molecule has 0 aliphatic rings. The van der Waals surface area contributed by atoms with Gasteiger partial charge in [-0.2, -0.15) is 0 Å². The maximum Gasteiger partial charge on any atom is 0.224 e. The SMILES string of the molecule is CN(C)c1ncc(NCc2ccccc2)cn1. The van der Waals surface area contributed by atoms with Crippen molar-refractivity contribution in [2.75, 3.05) is 24.3 Å². The summed E-state index contributed by atoms with van der Waals surface area (Å²) in [7, 11) is 3.85. The minimum absolute atomic E-state index is 0.718. The number of rotatable bonds is 4. The number of hydrogen-bond donors (Lipinski definition) is 1. The Morgan fingerprint density at radius 1 is 1.06 bits per heavy atom. The highest BCUT2D eigenvalue weighted by atomic mass is 15.2. The van der Waals surface area contributed by atoms with Crippen LogP contribution in [0.4, 0.5) is 11.6 Å². The normalized spacial score (nSPS) is 10.0. The Bertz CT molecular complexity index is 451. The Labute approximate surface area is 101 Å². The van der Waals surface area contributed by atoms with E-state index in [9.17, 15) is 0 Å². The number of aromatic nitrogens is 2. The van der Waals surface area contributed by atoms with Gasteiger partial charge in [0.25, 0.3) is 0 Å². The van der Waals surface area contributed by atoms with E-state index >= 15 is 0 Å². The summed E-state index contributed by atoms with van der Waals surface area (Å²) in [5.74, 6) is 0.718. The average molecular weight is 228 g/mol. The summed E-state index contributed by atoms with van der Waals surface area (Å²) < 4.78 is 0. The van der Waals surface area contributed by atoms with Gasteiger partial charge in [-0.25, -0.2) is 9.97 Å². The van der Waals surface area contributed by atoms with Gasteiger partial charge in [-0.15, -0.1) is 0 Å². The summed E-state index contributed by atoms with van der Waals surface area (Å²) in [5.41, 5.74) is 2.17. The van der Waals surface area contributed by atoms with E-state index in [4.69, 9.17) is 0 Å². The number of anilines is 2. The van der Waals surface area contributed by atoms with E-state index in [2.05, 4.69) is 27.4 Å². The molecule has 1 aromatic carbocycles. The molecule has 1 N–H and O–H groups in total. The van der Waals surface area contributed by atoms with E-state index in [1.165, 1.54) is 5.56 Å². The Morgan fingerprint density at radius 3 is 2.29 bits per heavy atom. The second-order valence-electron chi connectivity index (χ2n) is 4.01. The van der Waals surface area contributed by atoms with Crippen molar-refractivity contribution >= 4 is 11.6 Å². The molecular formula is C13H16N4. The van der Waals surface area contributed by atoms with Crippen molar-refractivity contribution in [3.05, 3.63) is 48.3 Å². The molecule has 0 radical (unpaired) electrons. The van der Waals surface area contributed by atoms with Gasteiger partial charge in [-0.1, -0.05) is 30.3 Å². The predicted molar refractivity (Wildman–Crippen MR) is 70.1 cm³/mol. The highest BCUT2D eigenvalue weighted by molar-refractivity contribution is 5.42. The molecule has 4 heteroatoms. The van der Waals surface area contributed by atoms with Crippen molar-refractivity contribution in [2.24, 2.45) is 0 Å². The van der Waals surface area contributed by atoms with Crippen molar-refractivity contribution in [3.63, 3.8) is 0 Å². The van der Waals surface area contributed by atoms with Gasteiger partial charge in [0.2, 0.25) is 5.95 Å². The van der Waals surface area contributed by atoms with Crippen LogP contribution in [0.3, 0.4) is 0 Å². The average Bonchev–Trinajstić information content (AvgIpc) is 2.38. The molecular weight excluding hydrogens is 212 g/mol. The Morgan fingerprint density at radius 2 is 1.71 bits per heavy atom. The number of benzene rings is 1. The van der Waals surface area contributed by atoms with Crippen molar-refractivity contribution in [2.45, 2.75) is 6.54 Å². The summed E-state index contributed by atoms with van der Waals surface area (Å²) in [6.07, 6.45) is 3.59. The van der Waals surface area contributed by atoms with Crippen LogP contribution in [0.2, 0.25) is 0 Å². The van der Waals surface area contributed by atoms with Crippen molar-refractivity contribution in [1.29, 1.82) is 0 Å². The third-order valence-corrected chi connectivity index (χ3v) is 2.38. The number of hydrogen-bond acceptors (Lipinski definition) is 4. The van der Waals surface area contributed by atoms with Gasteiger partial charge in [0.05, 0.1) is 18.1 Å². The van der Waals surface area contributed by atoms with E-state index < -0.39 is 0 Å². The predicted octanol–water partition coefficient (Wildman–Crippen LogP) is 2.15. The van der Waals surface area contributed by atoms with E-state index in [1.807, 2.05) is 37.2 Å². The van der Waals surface area contributed by atoms with Crippen LogP contribution in [0.5, 0.6) is 0 Å². The van der Waals surface area contributed by atoms with Crippen LogP contribution >= 0.6 is 0 Å². The zero-order valence-corrected chi connectivity index (χ0v) is 10.1. The van der Waals surface area contributed by atoms with E-state index in [1.54, 1.807) is 12.4 Å². The summed E-state index contributed by atoms with van der Waals surface area (Å²) in [6, 6.07) is 10.2. The molecule has 1 aromatic heterocycles. The first-order chi connectivity index (χ1) is 8.25. The molecule has 0 saturated carbocycles. The molecule has 0 fully saturated rings. The maximum absolute atomic E-state index is 4.24. The number of nitrogens with one attached hydrogen (secondary N) is 1. The minimum Gasteiger partial charge on any atom is -0.378 e. The first kappa shape index (κ1) is 11.4. The molecule has 1 heterocycles. The lowest BCUT2D eigenvalue weighted by Gasteiger charge is -2.10. The van der Waals surface area contributed by atoms with Crippen LogP contribution in [-0.2, 0) is 6.54 Å². The molecule has 2 rings (SSSR count). The minimum atomic E-state index is 0.718. The fourth-order valence-electron chi connectivity index (χ4n) is 1.44. The monoisotopic (exact) mass is 228 g/mol. The van der Waals surface area contributed by atoms with Crippen molar-refractivity contribution < 1.29 is 0 Å². The van der Waals surface area contributed by atoms with E-state index in [0.717, 1.165) is 18.2 Å². The van der Waals surface area contributed by atoms with Crippen LogP contribution < -0.4 is 10.2 Å². The molecule has 2 aromatic rings. The highest BCUT2D eigenvalue weighted by Gasteiger charge is 1.98. The second-order valence-corrected chi connectivity index (χ2v) is 4.01. The van der Waals surface area contributed by atoms with Crippen LogP contribution in [-0.4, -0.2) is 24.1 Å². The molecule has 0 amide bonds. The molecule has 0 aliphatic heterocycles. The Hall–Kier alpha value is -2.10. The first-order valence-electron chi connectivity index (χ1n) is 5.53. The van der Waals surface area contributed by atoms with Crippen LogP contribution in [0.15, 0.2) is 42.7 Å². The molecule has 0 spiro atoms. The largest absolute Gasteiger partial charge is 0.378 e. The van der Waals surface area contributed by atoms with Crippen LogP contribution in [0, 0.1) is 0 Å². The number of nitrogens with zero attached hydrogens (tertiary/aromatic N) is 3. The smallest absolute Gasteiger partial charge is 0.224 e. The zero-order valence-electron chi connectivity index (χ0n) is 10.1. The van der Waals surface area contributed by atoms with E-state index in [0.29, 0.717) is 0 Å². The standard InChI is InChI=1S/C13H16N4/c1-17(2)13-15-9-12(10-16-13)14-8-11-6-4-3-5-7-11/h3-7,9-10,14H,8H2,1-2H3. The molecule has 0 bridgehead atoms. The highest BCUT2D eigenvalue weighted by Crippen LogP contribution is 2.09. The fraction of sp³-hybridized carbons (Fsp3) is 0.231. The Kier molecular flexibility index (Phi) is 3.55. The van der Waals surface area contributed by atoms with Gasteiger partial charge in [0.15, 0.2) is 0 Å². The second kappa shape index (κ2) is 5.30. The first-order valence-corrected chi connectivity index (χ1v) is 5.53.